The Kier molecular flexibility index (Phi) is 2.71. The second-order valence-electron chi connectivity index (χ2n) is 4.74. The zero-order valence-corrected chi connectivity index (χ0v) is 11.2. The number of nitrogens with zero attached hydrogens (tertiary/aromatic N) is 4. The number of fused-ring (bicyclic) bond motifs is 1. The highest BCUT2D eigenvalue weighted by Gasteiger charge is 2.12. The first kappa shape index (κ1) is 11.8. The molecule has 0 N–H and O–H groups in total. The van der Waals surface area contributed by atoms with Crippen LogP contribution in [-0.4, -0.2) is 19.7 Å². The lowest BCUT2D eigenvalue weighted by molar-refractivity contribution is 1.06. The van der Waals surface area contributed by atoms with E-state index in [1.54, 1.807) is 12.5 Å². The standard InChI is InChI=1S/C17H12N4/c1-2-8-14(9-3-1)21-12-19-20-17(21)15-10-4-6-13-7-5-11-18-16(13)15/h1-12H. The average molecular weight is 272 g/mol. The molecule has 2 aromatic heterocycles. The van der Waals surface area contributed by atoms with Crippen LogP contribution in [0.25, 0.3) is 28.0 Å². The fourth-order valence-corrected chi connectivity index (χ4v) is 2.48. The Morgan fingerprint density at radius 1 is 0.810 bits per heavy atom. The highest BCUT2D eigenvalue weighted by atomic mass is 15.3. The van der Waals surface area contributed by atoms with Crippen LogP contribution >= 0.6 is 0 Å². The molecule has 0 amide bonds. The number of hydrogen-bond donors (Lipinski definition) is 0. The predicted molar refractivity (Wildman–Crippen MR) is 82.1 cm³/mol. The van der Waals surface area contributed by atoms with Crippen LogP contribution in [0, 0.1) is 0 Å². The van der Waals surface area contributed by atoms with E-state index in [2.05, 4.69) is 27.3 Å². The molecule has 0 aliphatic carbocycles. The first-order valence-electron chi connectivity index (χ1n) is 6.73. The molecule has 2 aromatic carbocycles. The summed E-state index contributed by atoms with van der Waals surface area (Å²) in [6.45, 7) is 0. The van der Waals surface area contributed by atoms with Gasteiger partial charge < -0.3 is 0 Å². The predicted octanol–water partition coefficient (Wildman–Crippen LogP) is 3.48. The molecule has 0 saturated carbocycles. The molecular formula is C17H12N4. The van der Waals surface area contributed by atoms with E-state index in [0.29, 0.717) is 0 Å². The van der Waals surface area contributed by atoms with Crippen molar-refractivity contribution in [3.05, 3.63) is 73.2 Å². The molecule has 4 rings (SSSR count). The Labute approximate surface area is 121 Å². The van der Waals surface area contributed by atoms with Gasteiger partial charge in [-0.15, -0.1) is 10.2 Å². The van der Waals surface area contributed by atoms with Crippen LogP contribution in [0.5, 0.6) is 0 Å². The minimum absolute atomic E-state index is 0.797. The number of rotatable bonds is 2. The van der Waals surface area contributed by atoms with Gasteiger partial charge >= 0.3 is 0 Å². The molecule has 0 bridgehead atoms. The molecule has 4 heteroatoms. The lowest BCUT2D eigenvalue weighted by Gasteiger charge is -2.08. The van der Waals surface area contributed by atoms with E-state index in [-0.39, 0.29) is 0 Å². The van der Waals surface area contributed by atoms with E-state index in [9.17, 15) is 0 Å². The Morgan fingerprint density at radius 3 is 2.57 bits per heavy atom. The number of para-hydroxylation sites is 2. The van der Waals surface area contributed by atoms with Crippen LogP contribution in [0.15, 0.2) is 73.2 Å². The Morgan fingerprint density at radius 2 is 1.67 bits per heavy atom. The summed E-state index contributed by atoms with van der Waals surface area (Å²) in [5, 5.41) is 9.45. The summed E-state index contributed by atoms with van der Waals surface area (Å²) in [5.74, 6) is 0.797. The van der Waals surface area contributed by atoms with Gasteiger partial charge in [0.05, 0.1) is 5.52 Å². The summed E-state index contributed by atoms with van der Waals surface area (Å²) in [4.78, 5) is 4.49. The Hall–Kier alpha value is -3.01. The highest BCUT2D eigenvalue weighted by molar-refractivity contribution is 5.91. The summed E-state index contributed by atoms with van der Waals surface area (Å²) in [5.41, 5.74) is 2.95. The van der Waals surface area contributed by atoms with Gasteiger partial charge in [-0.25, -0.2) is 0 Å². The summed E-state index contributed by atoms with van der Waals surface area (Å²) in [7, 11) is 0. The molecule has 4 nitrogen and oxygen atoms in total. The lowest BCUT2D eigenvalue weighted by atomic mass is 10.1. The van der Waals surface area contributed by atoms with E-state index < -0.39 is 0 Å². The van der Waals surface area contributed by atoms with Crippen molar-refractivity contribution in [3.63, 3.8) is 0 Å². The van der Waals surface area contributed by atoms with Crippen LogP contribution in [0.2, 0.25) is 0 Å². The largest absolute Gasteiger partial charge is 0.282 e. The van der Waals surface area contributed by atoms with Crippen molar-refractivity contribution in [1.29, 1.82) is 0 Å². The molecule has 0 spiro atoms. The number of aromatic nitrogens is 4. The summed E-state index contributed by atoms with van der Waals surface area (Å²) in [6, 6.07) is 20.1. The maximum absolute atomic E-state index is 4.49. The van der Waals surface area contributed by atoms with Gasteiger partial charge in [0.2, 0.25) is 0 Å². The zero-order valence-electron chi connectivity index (χ0n) is 11.2. The summed E-state index contributed by atoms with van der Waals surface area (Å²) < 4.78 is 1.98. The van der Waals surface area contributed by atoms with Crippen molar-refractivity contribution in [3.8, 4) is 17.1 Å². The van der Waals surface area contributed by atoms with Gasteiger partial charge in [-0.2, -0.15) is 0 Å². The fraction of sp³-hybridized carbons (Fsp3) is 0. The summed E-state index contributed by atoms with van der Waals surface area (Å²) >= 11 is 0. The molecule has 0 fully saturated rings. The second kappa shape index (κ2) is 4.83. The van der Waals surface area contributed by atoms with Gasteiger partial charge in [0.1, 0.15) is 6.33 Å². The highest BCUT2D eigenvalue weighted by Crippen LogP contribution is 2.26. The molecule has 21 heavy (non-hydrogen) atoms. The van der Waals surface area contributed by atoms with Crippen molar-refractivity contribution in [2.75, 3.05) is 0 Å². The molecule has 100 valence electrons. The average Bonchev–Trinajstić information content (AvgIpc) is 3.04. The van der Waals surface area contributed by atoms with Gasteiger partial charge in [-0.1, -0.05) is 36.4 Å². The minimum atomic E-state index is 0.797. The number of benzene rings is 2. The number of hydrogen-bond acceptors (Lipinski definition) is 3. The van der Waals surface area contributed by atoms with Crippen molar-refractivity contribution in [2.24, 2.45) is 0 Å². The second-order valence-corrected chi connectivity index (χ2v) is 4.74. The quantitative estimate of drug-likeness (QED) is 0.561. The molecule has 0 aliphatic heterocycles. The minimum Gasteiger partial charge on any atom is -0.282 e. The van der Waals surface area contributed by atoms with E-state index in [1.807, 2.05) is 53.1 Å². The van der Waals surface area contributed by atoms with Crippen molar-refractivity contribution < 1.29 is 0 Å². The first-order valence-corrected chi connectivity index (χ1v) is 6.73. The molecule has 0 saturated heterocycles. The van der Waals surface area contributed by atoms with Gasteiger partial charge in [0.25, 0.3) is 0 Å². The van der Waals surface area contributed by atoms with E-state index in [1.165, 1.54) is 0 Å². The van der Waals surface area contributed by atoms with Crippen LogP contribution in [0.4, 0.5) is 0 Å². The normalized spacial score (nSPS) is 10.9. The Bertz CT molecular complexity index is 891. The monoisotopic (exact) mass is 272 g/mol. The SMILES string of the molecule is c1ccc(-n2cnnc2-c2cccc3cccnc23)cc1. The lowest BCUT2D eigenvalue weighted by Crippen LogP contribution is -1.97. The smallest absolute Gasteiger partial charge is 0.170 e. The van der Waals surface area contributed by atoms with E-state index in [4.69, 9.17) is 0 Å². The summed E-state index contributed by atoms with van der Waals surface area (Å²) in [6.07, 6.45) is 3.53. The van der Waals surface area contributed by atoms with Crippen molar-refractivity contribution >= 4 is 10.9 Å². The van der Waals surface area contributed by atoms with Gasteiger partial charge in [-0.05, 0) is 24.3 Å². The van der Waals surface area contributed by atoms with Crippen molar-refractivity contribution in [1.82, 2.24) is 19.7 Å². The van der Waals surface area contributed by atoms with Crippen LogP contribution in [0.3, 0.4) is 0 Å². The molecule has 0 radical (unpaired) electrons. The van der Waals surface area contributed by atoms with Crippen molar-refractivity contribution in [2.45, 2.75) is 0 Å². The third-order valence-electron chi connectivity index (χ3n) is 3.46. The van der Waals surface area contributed by atoms with Crippen LogP contribution in [0.1, 0.15) is 0 Å². The fourth-order valence-electron chi connectivity index (χ4n) is 2.48. The third-order valence-corrected chi connectivity index (χ3v) is 3.46. The topological polar surface area (TPSA) is 43.6 Å². The van der Waals surface area contributed by atoms with Crippen LogP contribution < -0.4 is 0 Å². The molecule has 2 heterocycles. The Balaban J connectivity index is 1.97. The molecular weight excluding hydrogens is 260 g/mol. The maximum atomic E-state index is 4.49. The number of pyridine rings is 1. The zero-order chi connectivity index (χ0) is 14.1. The van der Waals surface area contributed by atoms with E-state index >= 15 is 0 Å². The van der Waals surface area contributed by atoms with Gasteiger partial charge in [0.15, 0.2) is 5.82 Å². The van der Waals surface area contributed by atoms with Gasteiger partial charge in [0, 0.05) is 22.8 Å². The van der Waals surface area contributed by atoms with E-state index in [0.717, 1.165) is 28.0 Å². The molecule has 0 unspecified atom stereocenters. The molecule has 4 aromatic rings. The van der Waals surface area contributed by atoms with Crippen LogP contribution in [-0.2, 0) is 0 Å². The first-order chi connectivity index (χ1) is 10.4. The maximum Gasteiger partial charge on any atom is 0.170 e. The van der Waals surface area contributed by atoms with Gasteiger partial charge in [-0.3, -0.25) is 9.55 Å². The molecule has 0 atom stereocenters. The third kappa shape index (κ3) is 1.97. The molecule has 0 aliphatic rings.